The molecular weight excluding hydrogens is 416 g/mol. The van der Waals surface area contributed by atoms with Crippen molar-refractivity contribution in [2.45, 2.75) is 38.1 Å². The van der Waals surface area contributed by atoms with Crippen LogP contribution in [0.25, 0.3) is 0 Å². The molecule has 3 amide bonds. The van der Waals surface area contributed by atoms with Crippen molar-refractivity contribution in [2.24, 2.45) is 5.73 Å². The van der Waals surface area contributed by atoms with Crippen molar-refractivity contribution in [1.82, 2.24) is 15.1 Å². The first-order chi connectivity index (χ1) is 16.1. The molecule has 2 aromatic rings. The largest absolute Gasteiger partial charge is 0.355 e. The van der Waals surface area contributed by atoms with Gasteiger partial charge in [-0.1, -0.05) is 60.7 Å². The highest BCUT2D eigenvalue weighted by Gasteiger charge is 2.39. The number of aryl methyl sites for hydroxylation is 1. The van der Waals surface area contributed by atoms with Gasteiger partial charge in [-0.05, 0) is 43.4 Å². The zero-order valence-electron chi connectivity index (χ0n) is 19.1. The summed E-state index contributed by atoms with van der Waals surface area (Å²) in [6.45, 7) is 1.51. The normalized spacial score (nSPS) is 16.2. The number of nitrogens with one attached hydrogen (secondary N) is 1. The van der Waals surface area contributed by atoms with Crippen molar-refractivity contribution in [1.29, 1.82) is 0 Å². The fourth-order valence-electron chi connectivity index (χ4n) is 4.10. The van der Waals surface area contributed by atoms with E-state index in [0.29, 0.717) is 26.1 Å². The van der Waals surface area contributed by atoms with E-state index in [2.05, 4.69) is 17.4 Å². The third kappa shape index (κ3) is 7.43. The summed E-state index contributed by atoms with van der Waals surface area (Å²) in [6, 6.07) is 19.1. The van der Waals surface area contributed by atoms with Crippen molar-refractivity contribution >= 4 is 17.7 Å². The van der Waals surface area contributed by atoms with Crippen LogP contribution >= 0.6 is 0 Å². The number of amides is 3. The Morgan fingerprint density at radius 3 is 2.27 bits per heavy atom. The van der Waals surface area contributed by atoms with Crippen LogP contribution in [0.2, 0.25) is 0 Å². The molecule has 0 bridgehead atoms. The van der Waals surface area contributed by atoms with E-state index in [1.165, 1.54) is 10.5 Å². The van der Waals surface area contributed by atoms with Gasteiger partial charge < -0.3 is 20.9 Å². The molecule has 3 N–H and O–H groups in total. The van der Waals surface area contributed by atoms with Crippen LogP contribution in [0.3, 0.4) is 0 Å². The van der Waals surface area contributed by atoms with E-state index in [1.807, 2.05) is 48.5 Å². The molecule has 3 rings (SSSR count). The molecule has 176 valence electrons. The summed E-state index contributed by atoms with van der Waals surface area (Å²) >= 11 is 0. The Kier molecular flexibility index (Phi) is 9.44. The van der Waals surface area contributed by atoms with Gasteiger partial charge in [0.25, 0.3) is 0 Å². The number of nitrogens with zero attached hydrogens (tertiary/aromatic N) is 2. The summed E-state index contributed by atoms with van der Waals surface area (Å²) in [5.74, 6) is -0.529. The summed E-state index contributed by atoms with van der Waals surface area (Å²) in [5.41, 5.74) is 7.66. The van der Waals surface area contributed by atoms with Crippen LogP contribution in [-0.4, -0.2) is 66.3 Å². The number of rotatable bonds is 12. The second kappa shape index (κ2) is 12.7. The molecule has 1 unspecified atom stereocenters. The molecule has 0 spiro atoms. The lowest BCUT2D eigenvalue weighted by molar-refractivity contribution is -0.157. The zero-order chi connectivity index (χ0) is 23.5. The second-order valence-electron chi connectivity index (χ2n) is 8.42. The summed E-state index contributed by atoms with van der Waals surface area (Å²) in [7, 11) is 0. The number of unbranched alkanes of at least 4 members (excludes halogenated alkanes) is 1. The van der Waals surface area contributed by atoms with Crippen LogP contribution in [0.1, 0.15) is 30.4 Å². The second-order valence-corrected chi connectivity index (χ2v) is 8.42. The molecule has 2 aromatic carbocycles. The monoisotopic (exact) mass is 450 g/mol. The Morgan fingerprint density at radius 1 is 0.939 bits per heavy atom. The zero-order valence-corrected chi connectivity index (χ0v) is 19.1. The van der Waals surface area contributed by atoms with Gasteiger partial charge in [-0.2, -0.15) is 0 Å². The summed E-state index contributed by atoms with van der Waals surface area (Å²) in [4.78, 5) is 42.0. The Balaban J connectivity index is 1.65. The molecule has 0 aromatic heterocycles. The van der Waals surface area contributed by atoms with E-state index in [1.54, 1.807) is 4.90 Å². The van der Waals surface area contributed by atoms with E-state index in [-0.39, 0.29) is 30.8 Å². The highest BCUT2D eigenvalue weighted by Crippen LogP contribution is 2.18. The van der Waals surface area contributed by atoms with Crippen molar-refractivity contribution in [3.63, 3.8) is 0 Å². The topological polar surface area (TPSA) is 95.7 Å². The molecule has 7 nitrogen and oxygen atoms in total. The molecule has 7 heteroatoms. The van der Waals surface area contributed by atoms with E-state index >= 15 is 0 Å². The number of nitrogens with two attached hydrogens (primary N) is 1. The third-order valence-corrected chi connectivity index (χ3v) is 5.89. The number of hydrogen-bond acceptors (Lipinski definition) is 4. The molecule has 1 fully saturated rings. The van der Waals surface area contributed by atoms with E-state index in [0.717, 1.165) is 31.2 Å². The van der Waals surface area contributed by atoms with Gasteiger partial charge in [0.15, 0.2) is 0 Å². The third-order valence-electron chi connectivity index (χ3n) is 5.89. The number of hydrogen-bond donors (Lipinski definition) is 2. The Labute approximate surface area is 195 Å². The fraction of sp³-hybridized carbons (Fsp3) is 0.423. The van der Waals surface area contributed by atoms with Gasteiger partial charge in [-0.3, -0.25) is 14.4 Å². The number of piperazine rings is 1. The lowest BCUT2D eigenvalue weighted by Gasteiger charge is -2.40. The molecular formula is C26H34N4O3. The molecule has 1 saturated heterocycles. The maximum absolute atomic E-state index is 13.4. The molecule has 1 heterocycles. The van der Waals surface area contributed by atoms with Gasteiger partial charge in [0.2, 0.25) is 17.7 Å². The minimum Gasteiger partial charge on any atom is -0.355 e. The summed E-state index contributed by atoms with van der Waals surface area (Å²) < 4.78 is 0. The van der Waals surface area contributed by atoms with Crippen LogP contribution < -0.4 is 11.1 Å². The first-order valence-corrected chi connectivity index (χ1v) is 11.7. The number of benzene rings is 2. The Hall–Kier alpha value is -3.19. The predicted octanol–water partition coefficient (Wildman–Crippen LogP) is 1.76. The lowest BCUT2D eigenvalue weighted by Crippen LogP contribution is -2.62. The average molecular weight is 451 g/mol. The maximum Gasteiger partial charge on any atom is 0.246 e. The van der Waals surface area contributed by atoms with Crippen LogP contribution in [0, 0.1) is 0 Å². The van der Waals surface area contributed by atoms with Crippen LogP contribution in [0.5, 0.6) is 0 Å². The van der Waals surface area contributed by atoms with E-state index in [9.17, 15) is 14.4 Å². The molecule has 1 aliphatic heterocycles. The van der Waals surface area contributed by atoms with E-state index in [4.69, 9.17) is 5.73 Å². The van der Waals surface area contributed by atoms with Gasteiger partial charge in [0.1, 0.15) is 12.6 Å². The SMILES string of the molecule is NCCCCNC(=O)CN1C(=O)CN(CCCc2ccccc2)C(=O)C1Cc1ccccc1. The molecule has 1 aliphatic rings. The molecule has 33 heavy (non-hydrogen) atoms. The highest BCUT2D eigenvalue weighted by molar-refractivity contribution is 5.97. The van der Waals surface area contributed by atoms with Crippen LogP contribution in [-0.2, 0) is 27.2 Å². The average Bonchev–Trinajstić information content (AvgIpc) is 2.83. The number of carbonyl (C=O) groups is 3. The summed E-state index contributed by atoms with van der Waals surface area (Å²) in [6.07, 6.45) is 3.63. The van der Waals surface area contributed by atoms with Gasteiger partial charge in [0, 0.05) is 19.5 Å². The van der Waals surface area contributed by atoms with E-state index < -0.39 is 6.04 Å². The van der Waals surface area contributed by atoms with Crippen LogP contribution in [0.4, 0.5) is 0 Å². The van der Waals surface area contributed by atoms with Crippen molar-refractivity contribution in [3.8, 4) is 0 Å². The Bertz CT molecular complexity index is 904. The molecule has 1 atom stereocenters. The highest BCUT2D eigenvalue weighted by atomic mass is 16.2. The minimum atomic E-state index is -0.680. The predicted molar refractivity (Wildman–Crippen MR) is 128 cm³/mol. The maximum atomic E-state index is 13.4. The Morgan fingerprint density at radius 2 is 1.61 bits per heavy atom. The summed E-state index contributed by atoms with van der Waals surface area (Å²) in [5, 5.41) is 2.83. The van der Waals surface area contributed by atoms with Crippen molar-refractivity contribution in [2.75, 3.05) is 32.7 Å². The molecule has 0 aliphatic carbocycles. The van der Waals surface area contributed by atoms with Gasteiger partial charge in [-0.15, -0.1) is 0 Å². The van der Waals surface area contributed by atoms with Gasteiger partial charge in [0.05, 0.1) is 6.54 Å². The quantitative estimate of drug-likeness (QED) is 0.482. The standard InChI is InChI=1S/C26H34N4O3/c27-15-7-8-16-28-24(31)19-30-23(18-22-12-5-2-6-13-22)26(33)29(20-25(30)32)17-9-14-21-10-3-1-4-11-21/h1-6,10-13,23H,7-9,14-20,27H2,(H,28,31). The van der Waals surface area contributed by atoms with Gasteiger partial charge >= 0.3 is 0 Å². The first kappa shape index (κ1) is 24.5. The first-order valence-electron chi connectivity index (χ1n) is 11.7. The van der Waals surface area contributed by atoms with Crippen molar-refractivity contribution in [3.05, 3.63) is 71.8 Å². The van der Waals surface area contributed by atoms with Gasteiger partial charge in [-0.25, -0.2) is 0 Å². The fourth-order valence-corrected chi connectivity index (χ4v) is 4.10. The molecule has 0 radical (unpaired) electrons. The molecule has 0 saturated carbocycles. The number of carbonyl (C=O) groups excluding carboxylic acids is 3. The van der Waals surface area contributed by atoms with Crippen LogP contribution in [0.15, 0.2) is 60.7 Å². The lowest BCUT2D eigenvalue weighted by atomic mass is 10.00. The minimum absolute atomic E-state index is 0.0133. The van der Waals surface area contributed by atoms with Crippen molar-refractivity contribution < 1.29 is 14.4 Å². The smallest absolute Gasteiger partial charge is 0.246 e.